The molecule has 3 rings (SSSR count). The summed E-state index contributed by atoms with van der Waals surface area (Å²) in [6.45, 7) is 4.27. The highest BCUT2D eigenvalue weighted by atomic mass is 19.1. The number of hydrogen-bond acceptors (Lipinski definition) is 3. The molecular weight excluding hydrogens is 343 g/mol. The third-order valence-electron chi connectivity index (χ3n) is 4.97. The van der Waals surface area contributed by atoms with Gasteiger partial charge in [-0.2, -0.15) is 0 Å². The summed E-state index contributed by atoms with van der Waals surface area (Å²) < 4.78 is 14.6. The molecule has 1 aliphatic rings. The van der Waals surface area contributed by atoms with Crippen LogP contribution < -0.4 is 5.73 Å². The molecule has 4 nitrogen and oxygen atoms in total. The van der Waals surface area contributed by atoms with Gasteiger partial charge in [-0.3, -0.25) is 9.59 Å². The molecule has 0 bridgehead atoms. The summed E-state index contributed by atoms with van der Waals surface area (Å²) in [5, 5.41) is 0. The Kier molecular flexibility index (Phi) is 5.42. The van der Waals surface area contributed by atoms with Gasteiger partial charge in [0.2, 0.25) is 5.91 Å². The van der Waals surface area contributed by atoms with Crippen LogP contribution in [0.3, 0.4) is 0 Å². The number of hydrogen-bond donors (Lipinski definition) is 1. The number of nitrogens with two attached hydrogens (primary N) is 1. The molecule has 142 valence electrons. The van der Waals surface area contributed by atoms with Crippen molar-refractivity contribution in [2.45, 2.75) is 32.2 Å². The summed E-state index contributed by atoms with van der Waals surface area (Å²) in [6.07, 6.45) is 1.43. The lowest BCUT2D eigenvalue weighted by Crippen LogP contribution is -2.54. The number of likely N-dealkylation sites (tertiary alicyclic amines) is 1. The van der Waals surface area contributed by atoms with Gasteiger partial charge in [-0.25, -0.2) is 4.39 Å². The fourth-order valence-electron chi connectivity index (χ4n) is 3.54. The van der Waals surface area contributed by atoms with Gasteiger partial charge in [0, 0.05) is 30.1 Å². The van der Waals surface area contributed by atoms with E-state index in [9.17, 15) is 14.0 Å². The topological polar surface area (TPSA) is 63.4 Å². The zero-order valence-corrected chi connectivity index (χ0v) is 15.7. The van der Waals surface area contributed by atoms with Crippen molar-refractivity contribution in [3.8, 4) is 11.1 Å². The van der Waals surface area contributed by atoms with E-state index < -0.39 is 11.4 Å². The van der Waals surface area contributed by atoms with Crippen molar-refractivity contribution in [2.24, 2.45) is 11.7 Å². The van der Waals surface area contributed by atoms with Gasteiger partial charge in [-0.15, -0.1) is 0 Å². The van der Waals surface area contributed by atoms with E-state index in [2.05, 4.69) is 0 Å². The summed E-state index contributed by atoms with van der Waals surface area (Å²) in [6, 6.07) is 13.9. The molecule has 1 heterocycles. The lowest BCUT2D eigenvalue weighted by atomic mass is 9.88. The molecule has 0 saturated carbocycles. The van der Waals surface area contributed by atoms with Crippen LogP contribution in [0, 0.1) is 11.7 Å². The van der Waals surface area contributed by atoms with Crippen molar-refractivity contribution in [3.05, 3.63) is 59.9 Å². The van der Waals surface area contributed by atoms with Crippen LogP contribution in [0.15, 0.2) is 48.5 Å². The Labute approximate surface area is 159 Å². The number of ketones is 1. The maximum Gasteiger partial charge on any atom is 0.242 e. The molecular formula is C22H25FN2O2. The minimum Gasteiger partial charge on any atom is -0.340 e. The predicted octanol–water partition coefficient (Wildman–Crippen LogP) is 3.65. The Morgan fingerprint density at radius 2 is 1.85 bits per heavy atom. The third kappa shape index (κ3) is 4.25. The van der Waals surface area contributed by atoms with Crippen molar-refractivity contribution < 1.29 is 14.0 Å². The first kappa shape index (κ1) is 19.2. The molecule has 1 saturated heterocycles. The van der Waals surface area contributed by atoms with E-state index in [0.29, 0.717) is 30.6 Å². The molecule has 1 aliphatic heterocycles. The molecule has 27 heavy (non-hydrogen) atoms. The summed E-state index contributed by atoms with van der Waals surface area (Å²) in [4.78, 5) is 26.9. The number of piperidine rings is 1. The minimum absolute atomic E-state index is 0.124. The number of halogens is 1. The standard InChI is InChI=1S/C22H25FN2O2/c1-22(2,24)21(27)25-12-6-9-17(14-25)20(26)16-10-11-18(19(23)13-16)15-7-4-3-5-8-15/h3-5,7-8,10-11,13,17H,6,9,12,14,24H2,1-2H3/t17-/m1/s1. The largest absolute Gasteiger partial charge is 0.340 e. The molecule has 2 N–H and O–H groups in total. The zero-order valence-electron chi connectivity index (χ0n) is 15.7. The third-order valence-corrected chi connectivity index (χ3v) is 4.97. The van der Waals surface area contributed by atoms with Gasteiger partial charge >= 0.3 is 0 Å². The van der Waals surface area contributed by atoms with Crippen molar-refractivity contribution in [1.29, 1.82) is 0 Å². The van der Waals surface area contributed by atoms with E-state index in [1.165, 1.54) is 6.07 Å². The second-order valence-corrected chi connectivity index (χ2v) is 7.74. The number of carbonyl (C=O) groups excluding carboxylic acids is 2. The number of Topliss-reactive ketones (excluding diaryl/α,β-unsaturated/α-hetero) is 1. The molecule has 0 aliphatic carbocycles. The van der Waals surface area contributed by atoms with Gasteiger partial charge in [0.25, 0.3) is 0 Å². The van der Waals surface area contributed by atoms with Crippen LogP contribution in [0.2, 0.25) is 0 Å². The van der Waals surface area contributed by atoms with E-state index in [1.54, 1.807) is 30.9 Å². The van der Waals surface area contributed by atoms with Crippen LogP contribution >= 0.6 is 0 Å². The molecule has 5 heteroatoms. The molecule has 0 radical (unpaired) electrons. The minimum atomic E-state index is -0.964. The number of benzene rings is 2. The Balaban J connectivity index is 1.78. The van der Waals surface area contributed by atoms with Crippen molar-refractivity contribution in [1.82, 2.24) is 4.90 Å². The molecule has 2 aromatic carbocycles. The molecule has 0 aromatic heterocycles. The van der Waals surface area contributed by atoms with E-state index in [0.717, 1.165) is 12.0 Å². The lowest BCUT2D eigenvalue weighted by molar-refractivity contribution is -0.137. The van der Waals surface area contributed by atoms with E-state index in [4.69, 9.17) is 5.73 Å². The fraction of sp³-hybridized carbons (Fsp3) is 0.364. The van der Waals surface area contributed by atoms with Gasteiger partial charge in [0.1, 0.15) is 5.82 Å². The first-order valence-electron chi connectivity index (χ1n) is 9.25. The smallest absolute Gasteiger partial charge is 0.242 e. The van der Waals surface area contributed by atoms with Crippen LogP contribution in [0.4, 0.5) is 4.39 Å². The van der Waals surface area contributed by atoms with Crippen LogP contribution in [-0.2, 0) is 4.79 Å². The van der Waals surface area contributed by atoms with Crippen molar-refractivity contribution in [2.75, 3.05) is 13.1 Å². The second kappa shape index (κ2) is 7.61. The predicted molar refractivity (Wildman–Crippen MR) is 104 cm³/mol. The molecule has 2 aromatic rings. The van der Waals surface area contributed by atoms with Crippen LogP contribution in [-0.4, -0.2) is 35.2 Å². The first-order chi connectivity index (χ1) is 12.8. The fourth-order valence-corrected chi connectivity index (χ4v) is 3.54. The normalized spacial score (nSPS) is 17.6. The molecule has 1 atom stereocenters. The van der Waals surface area contributed by atoms with Crippen molar-refractivity contribution in [3.63, 3.8) is 0 Å². The summed E-state index contributed by atoms with van der Waals surface area (Å²) in [5.74, 6) is -1.03. The first-order valence-corrected chi connectivity index (χ1v) is 9.25. The molecule has 0 unspecified atom stereocenters. The van der Waals surface area contributed by atoms with Crippen molar-refractivity contribution >= 4 is 11.7 Å². The summed E-state index contributed by atoms with van der Waals surface area (Å²) in [5.41, 5.74) is 6.53. The van der Waals surface area contributed by atoms with E-state index >= 15 is 0 Å². The Morgan fingerprint density at radius 1 is 1.15 bits per heavy atom. The molecule has 1 fully saturated rings. The van der Waals surface area contributed by atoms with Gasteiger partial charge in [-0.05, 0) is 38.3 Å². The monoisotopic (exact) mass is 368 g/mol. The van der Waals surface area contributed by atoms with E-state index in [-0.39, 0.29) is 17.6 Å². The van der Waals surface area contributed by atoms with Crippen LogP contribution in [0.25, 0.3) is 11.1 Å². The van der Waals surface area contributed by atoms with Crippen LogP contribution in [0.1, 0.15) is 37.0 Å². The quantitative estimate of drug-likeness (QED) is 0.838. The highest BCUT2D eigenvalue weighted by Crippen LogP contribution is 2.27. The van der Waals surface area contributed by atoms with Gasteiger partial charge in [0.05, 0.1) is 5.54 Å². The highest BCUT2D eigenvalue weighted by molar-refractivity contribution is 5.99. The average molecular weight is 368 g/mol. The number of rotatable bonds is 4. The summed E-state index contributed by atoms with van der Waals surface area (Å²) >= 11 is 0. The van der Waals surface area contributed by atoms with Gasteiger partial charge in [0.15, 0.2) is 5.78 Å². The molecule has 0 spiro atoms. The Hall–Kier alpha value is -2.53. The maximum atomic E-state index is 14.6. The van der Waals surface area contributed by atoms with Crippen LogP contribution in [0.5, 0.6) is 0 Å². The Bertz CT molecular complexity index is 843. The number of amides is 1. The highest BCUT2D eigenvalue weighted by Gasteiger charge is 2.34. The number of carbonyl (C=O) groups is 2. The SMILES string of the molecule is CC(C)(N)C(=O)N1CCC[C@@H](C(=O)c2ccc(-c3ccccc3)c(F)c2)C1. The van der Waals surface area contributed by atoms with Gasteiger partial charge in [-0.1, -0.05) is 42.5 Å². The maximum absolute atomic E-state index is 14.6. The lowest BCUT2D eigenvalue weighted by Gasteiger charge is -2.35. The molecule has 1 amide bonds. The number of nitrogens with zero attached hydrogens (tertiary/aromatic N) is 1. The summed E-state index contributed by atoms with van der Waals surface area (Å²) in [7, 11) is 0. The average Bonchev–Trinajstić information content (AvgIpc) is 2.66. The Morgan fingerprint density at radius 3 is 2.48 bits per heavy atom. The second-order valence-electron chi connectivity index (χ2n) is 7.74. The van der Waals surface area contributed by atoms with Gasteiger partial charge < -0.3 is 10.6 Å². The zero-order chi connectivity index (χ0) is 19.6. The van der Waals surface area contributed by atoms with E-state index in [1.807, 2.05) is 30.3 Å².